The van der Waals surface area contributed by atoms with Crippen LogP contribution in [0.15, 0.2) is 34.9 Å². The molecule has 1 fully saturated rings. The van der Waals surface area contributed by atoms with Crippen molar-refractivity contribution in [2.45, 2.75) is 57.0 Å². The van der Waals surface area contributed by atoms with E-state index in [4.69, 9.17) is 4.52 Å². The number of benzene rings is 1. The normalized spacial score (nSPS) is 18.9. The summed E-state index contributed by atoms with van der Waals surface area (Å²) in [7, 11) is 0. The summed E-state index contributed by atoms with van der Waals surface area (Å²) in [6.07, 6.45) is 7.83. The summed E-state index contributed by atoms with van der Waals surface area (Å²) in [5.41, 5.74) is 0.783. The number of hydrogen-bond acceptors (Lipinski definition) is 4. The zero-order chi connectivity index (χ0) is 14.5. The molecule has 3 rings (SSSR count). The Bertz CT molecular complexity index is 545. The lowest BCUT2D eigenvalue weighted by molar-refractivity contribution is 0.170. The van der Waals surface area contributed by atoms with Gasteiger partial charge in [-0.05, 0) is 18.4 Å². The standard InChI is InChI=1S/C17H22N2O2/c20-15(13-9-7-4-8-10-13)17-18-16(19-21-17)14-11-5-2-1-3-6-12-14/h4,7-10,14-15,20H,1-3,5-6,11-12H2. The molecule has 0 bridgehead atoms. The highest BCUT2D eigenvalue weighted by molar-refractivity contribution is 5.21. The smallest absolute Gasteiger partial charge is 0.260 e. The molecule has 112 valence electrons. The molecule has 1 aromatic heterocycles. The van der Waals surface area contributed by atoms with Gasteiger partial charge in [0.2, 0.25) is 0 Å². The first-order valence-corrected chi connectivity index (χ1v) is 7.91. The van der Waals surface area contributed by atoms with Crippen LogP contribution in [0.4, 0.5) is 0 Å². The lowest BCUT2D eigenvalue weighted by Gasteiger charge is -2.15. The highest BCUT2D eigenvalue weighted by atomic mass is 16.5. The van der Waals surface area contributed by atoms with Crippen molar-refractivity contribution in [2.75, 3.05) is 0 Å². The second kappa shape index (κ2) is 6.85. The first-order valence-electron chi connectivity index (χ1n) is 7.91. The Morgan fingerprint density at radius 2 is 1.67 bits per heavy atom. The molecule has 1 aliphatic rings. The average Bonchev–Trinajstić information content (AvgIpc) is 2.97. The zero-order valence-corrected chi connectivity index (χ0v) is 12.2. The van der Waals surface area contributed by atoms with Crippen LogP contribution in [-0.4, -0.2) is 15.2 Å². The Morgan fingerprint density at radius 1 is 1.00 bits per heavy atom. The molecular weight excluding hydrogens is 264 g/mol. The molecule has 0 spiro atoms. The molecule has 1 N–H and O–H groups in total. The van der Waals surface area contributed by atoms with E-state index in [1.165, 1.54) is 32.1 Å². The highest BCUT2D eigenvalue weighted by Gasteiger charge is 2.23. The molecule has 0 radical (unpaired) electrons. The Morgan fingerprint density at radius 3 is 2.38 bits per heavy atom. The first-order chi connectivity index (χ1) is 10.3. The van der Waals surface area contributed by atoms with Crippen LogP contribution in [0.5, 0.6) is 0 Å². The molecule has 4 nitrogen and oxygen atoms in total. The number of nitrogens with zero attached hydrogens (tertiary/aromatic N) is 2. The summed E-state index contributed by atoms with van der Waals surface area (Å²) in [6, 6.07) is 9.44. The minimum absolute atomic E-state index is 0.304. The second-order valence-corrected chi connectivity index (χ2v) is 5.85. The monoisotopic (exact) mass is 286 g/mol. The predicted molar refractivity (Wildman–Crippen MR) is 79.9 cm³/mol. The zero-order valence-electron chi connectivity index (χ0n) is 12.2. The minimum Gasteiger partial charge on any atom is -0.378 e. The van der Waals surface area contributed by atoms with Gasteiger partial charge in [-0.2, -0.15) is 4.98 Å². The van der Waals surface area contributed by atoms with Crippen molar-refractivity contribution in [2.24, 2.45) is 0 Å². The number of aromatic nitrogens is 2. The quantitative estimate of drug-likeness (QED) is 0.927. The van der Waals surface area contributed by atoms with Crippen LogP contribution in [0.25, 0.3) is 0 Å². The third-order valence-corrected chi connectivity index (χ3v) is 4.28. The van der Waals surface area contributed by atoms with Crippen LogP contribution in [0.1, 0.15) is 74.2 Å². The van der Waals surface area contributed by atoms with Gasteiger partial charge < -0.3 is 9.63 Å². The van der Waals surface area contributed by atoms with Gasteiger partial charge in [0, 0.05) is 5.92 Å². The van der Waals surface area contributed by atoms with Crippen LogP contribution in [-0.2, 0) is 0 Å². The molecule has 0 saturated heterocycles. The third-order valence-electron chi connectivity index (χ3n) is 4.28. The van der Waals surface area contributed by atoms with Gasteiger partial charge in [0.25, 0.3) is 5.89 Å². The van der Waals surface area contributed by atoms with Crippen molar-refractivity contribution in [3.63, 3.8) is 0 Å². The van der Waals surface area contributed by atoms with Gasteiger partial charge in [0.15, 0.2) is 11.9 Å². The van der Waals surface area contributed by atoms with Gasteiger partial charge >= 0.3 is 0 Å². The van der Waals surface area contributed by atoms with Crippen molar-refractivity contribution in [3.05, 3.63) is 47.6 Å². The Labute approximate surface area is 125 Å². The van der Waals surface area contributed by atoms with Crippen molar-refractivity contribution in [1.82, 2.24) is 10.1 Å². The molecule has 1 aliphatic carbocycles. The maximum atomic E-state index is 10.3. The molecule has 1 aromatic carbocycles. The molecule has 0 aliphatic heterocycles. The molecular formula is C17H22N2O2. The summed E-state index contributed by atoms with van der Waals surface area (Å²) in [6.45, 7) is 0. The molecule has 2 aromatic rings. The lowest BCUT2D eigenvalue weighted by atomic mass is 9.91. The number of hydrogen-bond donors (Lipinski definition) is 1. The Hall–Kier alpha value is -1.68. The van der Waals surface area contributed by atoms with Crippen molar-refractivity contribution < 1.29 is 9.63 Å². The average molecular weight is 286 g/mol. The molecule has 0 amide bonds. The maximum Gasteiger partial charge on any atom is 0.260 e. The Balaban J connectivity index is 1.73. The van der Waals surface area contributed by atoms with E-state index in [0.29, 0.717) is 11.8 Å². The summed E-state index contributed by atoms with van der Waals surface area (Å²) in [5, 5.41) is 14.4. The van der Waals surface area contributed by atoms with Gasteiger partial charge in [0.1, 0.15) is 0 Å². The van der Waals surface area contributed by atoms with Gasteiger partial charge in [0.05, 0.1) is 0 Å². The topological polar surface area (TPSA) is 59.2 Å². The van der Waals surface area contributed by atoms with Gasteiger partial charge in [-0.25, -0.2) is 0 Å². The molecule has 1 atom stereocenters. The molecule has 1 heterocycles. The van der Waals surface area contributed by atoms with E-state index in [0.717, 1.165) is 24.2 Å². The van der Waals surface area contributed by atoms with Crippen LogP contribution in [0, 0.1) is 0 Å². The fraction of sp³-hybridized carbons (Fsp3) is 0.529. The van der Waals surface area contributed by atoms with E-state index >= 15 is 0 Å². The van der Waals surface area contributed by atoms with Crippen LogP contribution >= 0.6 is 0 Å². The number of aliphatic hydroxyl groups is 1. The fourth-order valence-corrected chi connectivity index (χ4v) is 3.02. The van der Waals surface area contributed by atoms with Crippen molar-refractivity contribution in [1.29, 1.82) is 0 Å². The van der Waals surface area contributed by atoms with Crippen LogP contribution in [0.2, 0.25) is 0 Å². The summed E-state index contributed by atoms with van der Waals surface area (Å²) < 4.78 is 5.30. The predicted octanol–water partition coefficient (Wildman–Crippen LogP) is 3.98. The van der Waals surface area contributed by atoms with E-state index in [1.54, 1.807) is 0 Å². The van der Waals surface area contributed by atoms with Gasteiger partial charge in [-0.3, -0.25) is 0 Å². The van der Waals surface area contributed by atoms with E-state index in [2.05, 4.69) is 10.1 Å². The van der Waals surface area contributed by atoms with Crippen LogP contribution in [0.3, 0.4) is 0 Å². The molecule has 21 heavy (non-hydrogen) atoms. The SMILES string of the molecule is OC(c1ccccc1)c1nc(C2CCCCCCC2)no1. The fourth-order valence-electron chi connectivity index (χ4n) is 3.02. The number of rotatable bonds is 3. The van der Waals surface area contributed by atoms with Crippen molar-refractivity contribution in [3.8, 4) is 0 Å². The first kappa shape index (κ1) is 14.3. The van der Waals surface area contributed by atoms with E-state index in [9.17, 15) is 5.11 Å². The minimum atomic E-state index is -0.832. The summed E-state index contributed by atoms with van der Waals surface area (Å²) in [5.74, 6) is 1.45. The lowest BCUT2D eigenvalue weighted by Crippen LogP contribution is -2.05. The number of aliphatic hydroxyl groups excluding tert-OH is 1. The third kappa shape index (κ3) is 3.50. The van der Waals surface area contributed by atoms with E-state index < -0.39 is 6.10 Å². The molecule has 1 saturated carbocycles. The van der Waals surface area contributed by atoms with E-state index in [-0.39, 0.29) is 0 Å². The second-order valence-electron chi connectivity index (χ2n) is 5.85. The van der Waals surface area contributed by atoms with Crippen molar-refractivity contribution >= 4 is 0 Å². The Kier molecular flexibility index (Phi) is 4.65. The molecule has 4 heteroatoms. The van der Waals surface area contributed by atoms with Crippen LogP contribution < -0.4 is 0 Å². The highest BCUT2D eigenvalue weighted by Crippen LogP contribution is 2.30. The largest absolute Gasteiger partial charge is 0.378 e. The van der Waals surface area contributed by atoms with E-state index in [1.807, 2.05) is 30.3 Å². The summed E-state index contributed by atoms with van der Waals surface area (Å²) in [4.78, 5) is 4.45. The summed E-state index contributed by atoms with van der Waals surface area (Å²) >= 11 is 0. The van der Waals surface area contributed by atoms with Gasteiger partial charge in [-0.15, -0.1) is 0 Å². The molecule has 1 unspecified atom stereocenters. The maximum absolute atomic E-state index is 10.3. The van der Waals surface area contributed by atoms with Gasteiger partial charge in [-0.1, -0.05) is 67.6 Å².